The average Bonchev–Trinajstić information content (AvgIpc) is 2.66. The van der Waals surface area contributed by atoms with E-state index in [0.29, 0.717) is 17.7 Å². The van der Waals surface area contributed by atoms with E-state index in [0.717, 1.165) is 0 Å². The van der Waals surface area contributed by atoms with Crippen LogP contribution in [-0.2, 0) is 9.53 Å². The second-order valence-electron chi connectivity index (χ2n) is 5.35. The molecular formula is C20H19NO4. The molecule has 0 radical (unpaired) electrons. The molecule has 5 nitrogen and oxygen atoms in total. The maximum Gasteiger partial charge on any atom is 0.338 e. The normalized spacial score (nSPS) is 11.2. The third kappa shape index (κ3) is 4.88. The van der Waals surface area contributed by atoms with Crippen molar-refractivity contribution in [2.24, 2.45) is 0 Å². The second-order valence-corrected chi connectivity index (χ2v) is 5.35. The number of esters is 1. The smallest absolute Gasteiger partial charge is 0.338 e. The van der Waals surface area contributed by atoms with Gasteiger partial charge in [-0.2, -0.15) is 0 Å². The first-order chi connectivity index (χ1) is 12.0. The first kappa shape index (κ1) is 18.1. The summed E-state index contributed by atoms with van der Waals surface area (Å²) in [5, 5.41) is 2.55. The predicted octanol–water partition coefficient (Wildman–Crippen LogP) is 2.77. The highest BCUT2D eigenvalue weighted by Crippen LogP contribution is 2.12. The SMILES string of the molecule is C=CCNC(=O)[C@H](C)OC(=O)c1ccc(C(=O)c2ccccc2)cc1. The molecule has 0 saturated carbocycles. The lowest BCUT2D eigenvalue weighted by Gasteiger charge is -2.12. The van der Waals surface area contributed by atoms with Gasteiger partial charge in [0.2, 0.25) is 0 Å². The van der Waals surface area contributed by atoms with Crippen LogP contribution in [0.25, 0.3) is 0 Å². The lowest BCUT2D eigenvalue weighted by Crippen LogP contribution is -2.35. The molecule has 1 N–H and O–H groups in total. The van der Waals surface area contributed by atoms with Crippen LogP contribution in [0.4, 0.5) is 0 Å². The quantitative estimate of drug-likeness (QED) is 0.479. The number of hydrogen-bond donors (Lipinski definition) is 1. The van der Waals surface area contributed by atoms with E-state index in [4.69, 9.17) is 4.74 Å². The minimum Gasteiger partial charge on any atom is -0.449 e. The van der Waals surface area contributed by atoms with Gasteiger partial charge in [0, 0.05) is 17.7 Å². The summed E-state index contributed by atoms with van der Waals surface area (Å²) in [6.45, 7) is 5.29. The maximum absolute atomic E-state index is 12.3. The van der Waals surface area contributed by atoms with Crippen LogP contribution in [0.3, 0.4) is 0 Å². The molecule has 0 aliphatic heterocycles. The molecule has 0 aromatic heterocycles. The van der Waals surface area contributed by atoms with Gasteiger partial charge >= 0.3 is 5.97 Å². The molecule has 0 unspecified atom stereocenters. The topological polar surface area (TPSA) is 72.5 Å². The van der Waals surface area contributed by atoms with E-state index < -0.39 is 18.0 Å². The summed E-state index contributed by atoms with van der Waals surface area (Å²) >= 11 is 0. The van der Waals surface area contributed by atoms with Gasteiger partial charge in [0.15, 0.2) is 11.9 Å². The van der Waals surface area contributed by atoms with Gasteiger partial charge in [0.05, 0.1) is 5.56 Å². The Bertz CT molecular complexity index is 766. The molecule has 128 valence electrons. The van der Waals surface area contributed by atoms with E-state index in [2.05, 4.69) is 11.9 Å². The van der Waals surface area contributed by atoms with Gasteiger partial charge in [-0.05, 0) is 19.1 Å². The van der Waals surface area contributed by atoms with Gasteiger partial charge in [-0.25, -0.2) is 4.79 Å². The van der Waals surface area contributed by atoms with Crippen LogP contribution in [0.15, 0.2) is 67.3 Å². The van der Waals surface area contributed by atoms with Gasteiger partial charge in [0.25, 0.3) is 5.91 Å². The molecule has 0 aliphatic rings. The van der Waals surface area contributed by atoms with Gasteiger partial charge in [0.1, 0.15) is 0 Å². The maximum atomic E-state index is 12.3. The zero-order chi connectivity index (χ0) is 18.2. The molecule has 25 heavy (non-hydrogen) atoms. The van der Waals surface area contributed by atoms with Crippen LogP contribution in [-0.4, -0.2) is 30.3 Å². The van der Waals surface area contributed by atoms with Crippen molar-refractivity contribution in [2.45, 2.75) is 13.0 Å². The van der Waals surface area contributed by atoms with Crippen molar-refractivity contribution >= 4 is 17.7 Å². The molecule has 0 fully saturated rings. The lowest BCUT2D eigenvalue weighted by atomic mass is 10.0. The highest BCUT2D eigenvalue weighted by atomic mass is 16.5. The number of carbonyl (C=O) groups is 3. The molecule has 0 heterocycles. The molecule has 0 aliphatic carbocycles. The minimum atomic E-state index is -0.918. The molecule has 5 heteroatoms. The standard InChI is InChI=1S/C20H19NO4/c1-3-13-21-19(23)14(2)25-20(24)17-11-9-16(10-12-17)18(22)15-7-5-4-6-8-15/h3-12,14H,1,13H2,2H3,(H,21,23)/t14-/m0/s1. The van der Waals surface area contributed by atoms with Gasteiger partial charge < -0.3 is 10.1 Å². The van der Waals surface area contributed by atoms with Gasteiger partial charge in [-0.15, -0.1) is 6.58 Å². The van der Waals surface area contributed by atoms with Gasteiger partial charge in [-0.1, -0.05) is 48.5 Å². The lowest BCUT2D eigenvalue weighted by molar-refractivity contribution is -0.128. The first-order valence-corrected chi connectivity index (χ1v) is 7.82. The Morgan fingerprint density at radius 2 is 1.56 bits per heavy atom. The third-order valence-corrected chi connectivity index (χ3v) is 3.49. The Kier molecular flexibility index (Phi) is 6.23. The average molecular weight is 337 g/mol. The number of ketones is 1. The van der Waals surface area contributed by atoms with Crippen molar-refractivity contribution in [2.75, 3.05) is 6.54 Å². The zero-order valence-electron chi connectivity index (χ0n) is 13.9. The minimum absolute atomic E-state index is 0.127. The summed E-state index contributed by atoms with van der Waals surface area (Å²) in [7, 11) is 0. The summed E-state index contributed by atoms with van der Waals surface area (Å²) < 4.78 is 5.11. The molecular weight excluding hydrogens is 318 g/mol. The van der Waals surface area contributed by atoms with E-state index in [-0.39, 0.29) is 11.3 Å². The number of carbonyl (C=O) groups excluding carboxylic acids is 3. The Hall–Kier alpha value is -3.21. The number of ether oxygens (including phenoxy) is 1. The molecule has 2 aromatic carbocycles. The summed E-state index contributed by atoms with van der Waals surface area (Å²) in [6, 6.07) is 15.0. The van der Waals surface area contributed by atoms with E-state index in [1.165, 1.54) is 25.1 Å². The number of hydrogen-bond acceptors (Lipinski definition) is 4. The van der Waals surface area contributed by atoms with E-state index in [9.17, 15) is 14.4 Å². The Morgan fingerprint density at radius 1 is 1.00 bits per heavy atom. The zero-order valence-corrected chi connectivity index (χ0v) is 13.9. The fourth-order valence-corrected chi connectivity index (χ4v) is 2.11. The van der Waals surface area contributed by atoms with Crippen molar-refractivity contribution in [1.29, 1.82) is 0 Å². The van der Waals surface area contributed by atoms with E-state index in [1.807, 2.05) is 6.07 Å². The number of nitrogens with one attached hydrogen (secondary N) is 1. The summed E-state index contributed by atoms with van der Waals surface area (Å²) in [4.78, 5) is 36.1. The Balaban J connectivity index is 2.02. The van der Waals surface area contributed by atoms with Crippen LogP contribution in [0, 0.1) is 0 Å². The number of benzene rings is 2. The number of rotatable bonds is 7. The molecule has 0 bridgehead atoms. The second kappa shape index (κ2) is 8.59. The molecule has 2 aromatic rings. The van der Waals surface area contributed by atoms with Crippen LogP contribution >= 0.6 is 0 Å². The Morgan fingerprint density at radius 3 is 2.16 bits per heavy atom. The van der Waals surface area contributed by atoms with Crippen molar-refractivity contribution in [3.05, 3.63) is 83.9 Å². The van der Waals surface area contributed by atoms with Crippen LogP contribution in [0.5, 0.6) is 0 Å². The van der Waals surface area contributed by atoms with Crippen molar-refractivity contribution in [1.82, 2.24) is 5.32 Å². The largest absolute Gasteiger partial charge is 0.449 e. The van der Waals surface area contributed by atoms with Crippen molar-refractivity contribution < 1.29 is 19.1 Å². The molecule has 1 amide bonds. The summed E-state index contributed by atoms with van der Waals surface area (Å²) in [5.41, 5.74) is 1.32. The van der Waals surface area contributed by atoms with Crippen LogP contribution in [0.1, 0.15) is 33.2 Å². The molecule has 1 atom stereocenters. The van der Waals surface area contributed by atoms with Crippen LogP contribution in [0.2, 0.25) is 0 Å². The summed E-state index contributed by atoms with van der Waals surface area (Å²) in [6.07, 6.45) is 0.618. The highest BCUT2D eigenvalue weighted by Gasteiger charge is 2.18. The molecule has 0 spiro atoms. The van der Waals surface area contributed by atoms with E-state index in [1.54, 1.807) is 36.4 Å². The Labute approximate surface area is 146 Å². The van der Waals surface area contributed by atoms with Gasteiger partial charge in [-0.3, -0.25) is 9.59 Å². The highest BCUT2D eigenvalue weighted by molar-refractivity contribution is 6.09. The monoisotopic (exact) mass is 337 g/mol. The molecule has 0 saturated heterocycles. The fraction of sp³-hybridized carbons (Fsp3) is 0.150. The summed E-state index contributed by atoms with van der Waals surface area (Å²) in [5.74, 6) is -1.15. The molecule has 2 rings (SSSR count). The predicted molar refractivity (Wildman–Crippen MR) is 94.4 cm³/mol. The van der Waals surface area contributed by atoms with Crippen molar-refractivity contribution in [3.8, 4) is 0 Å². The number of amides is 1. The fourth-order valence-electron chi connectivity index (χ4n) is 2.11. The third-order valence-electron chi connectivity index (χ3n) is 3.49. The van der Waals surface area contributed by atoms with Crippen molar-refractivity contribution in [3.63, 3.8) is 0 Å². The van der Waals surface area contributed by atoms with E-state index >= 15 is 0 Å². The van der Waals surface area contributed by atoms with Crippen LogP contribution < -0.4 is 5.32 Å². The first-order valence-electron chi connectivity index (χ1n) is 7.82.